The monoisotopic (exact) mass is 394 g/mol. The molecule has 2 heterocycles. The van der Waals surface area contributed by atoms with Gasteiger partial charge in [-0.25, -0.2) is 9.18 Å². The first-order chi connectivity index (χ1) is 12.6. The fourth-order valence-electron chi connectivity index (χ4n) is 2.90. The van der Waals surface area contributed by atoms with Gasteiger partial charge >= 0.3 is 6.09 Å². The molecule has 1 aromatic carbocycles. The Hall–Kier alpha value is -2.61. The molecule has 0 aliphatic carbocycles. The highest BCUT2D eigenvalue weighted by Crippen LogP contribution is 2.31. The SMILES string of the molecule is CC(C)(C)OC(=O)N1CCn2nc(-c3ccc(F)c(Cl)c3)c(C(N)=O)c2C1. The average molecular weight is 395 g/mol. The Morgan fingerprint density at radius 1 is 1.30 bits per heavy atom. The summed E-state index contributed by atoms with van der Waals surface area (Å²) in [5, 5.41) is 4.36. The second-order valence-electron chi connectivity index (χ2n) is 7.29. The average Bonchev–Trinajstić information content (AvgIpc) is 2.94. The van der Waals surface area contributed by atoms with Gasteiger partial charge in [-0.2, -0.15) is 5.10 Å². The normalized spacial score (nSPS) is 14.0. The second-order valence-corrected chi connectivity index (χ2v) is 7.70. The third-order valence-corrected chi connectivity index (χ3v) is 4.36. The molecule has 2 amide bonds. The van der Waals surface area contributed by atoms with Gasteiger partial charge in [0.25, 0.3) is 5.91 Å². The lowest BCUT2D eigenvalue weighted by Crippen LogP contribution is -2.42. The van der Waals surface area contributed by atoms with Crippen molar-refractivity contribution in [1.82, 2.24) is 14.7 Å². The largest absolute Gasteiger partial charge is 0.444 e. The Morgan fingerprint density at radius 3 is 2.59 bits per heavy atom. The van der Waals surface area contributed by atoms with E-state index in [0.29, 0.717) is 30.0 Å². The number of carbonyl (C=O) groups excluding carboxylic acids is 2. The van der Waals surface area contributed by atoms with Gasteiger partial charge in [-0.15, -0.1) is 0 Å². The number of ether oxygens (including phenoxy) is 1. The summed E-state index contributed by atoms with van der Waals surface area (Å²) in [7, 11) is 0. The Morgan fingerprint density at radius 2 is 2.00 bits per heavy atom. The van der Waals surface area contributed by atoms with Crippen LogP contribution >= 0.6 is 11.6 Å². The number of hydrogen-bond donors (Lipinski definition) is 1. The third kappa shape index (κ3) is 3.90. The first kappa shape index (κ1) is 19.2. The van der Waals surface area contributed by atoms with E-state index < -0.39 is 23.4 Å². The zero-order valence-electron chi connectivity index (χ0n) is 15.3. The van der Waals surface area contributed by atoms with Gasteiger partial charge in [0.05, 0.1) is 29.4 Å². The molecular weight excluding hydrogens is 375 g/mol. The van der Waals surface area contributed by atoms with Crippen LogP contribution in [-0.4, -0.2) is 38.8 Å². The van der Waals surface area contributed by atoms with Crippen LogP contribution in [0.25, 0.3) is 11.3 Å². The predicted octanol–water partition coefficient (Wildman–Crippen LogP) is 3.19. The highest BCUT2D eigenvalue weighted by Gasteiger charge is 2.31. The van der Waals surface area contributed by atoms with E-state index in [1.807, 2.05) is 0 Å². The lowest BCUT2D eigenvalue weighted by molar-refractivity contribution is 0.0193. The van der Waals surface area contributed by atoms with E-state index in [2.05, 4.69) is 5.10 Å². The van der Waals surface area contributed by atoms with Crippen LogP contribution in [0.4, 0.5) is 9.18 Å². The molecule has 0 unspecified atom stereocenters. The van der Waals surface area contributed by atoms with Gasteiger partial charge in [-0.1, -0.05) is 11.6 Å². The quantitative estimate of drug-likeness (QED) is 0.846. The van der Waals surface area contributed by atoms with Crippen molar-refractivity contribution in [3.63, 3.8) is 0 Å². The molecule has 1 aliphatic heterocycles. The van der Waals surface area contributed by atoms with Crippen LogP contribution in [0.1, 0.15) is 36.8 Å². The van der Waals surface area contributed by atoms with E-state index in [-0.39, 0.29) is 17.1 Å². The molecule has 1 aromatic heterocycles. The van der Waals surface area contributed by atoms with E-state index in [1.165, 1.54) is 23.1 Å². The molecule has 2 aromatic rings. The van der Waals surface area contributed by atoms with E-state index in [0.717, 1.165) is 0 Å². The number of rotatable bonds is 2. The van der Waals surface area contributed by atoms with Gasteiger partial charge in [0, 0.05) is 12.1 Å². The lowest BCUT2D eigenvalue weighted by atomic mass is 10.0. The van der Waals surface area contributed by atoms with Crippen LogP contribution in [0.15, 0.2) is 18.2 Å². The minimum absolute atomic E-state index is 0.0794. The van der Waals surface area contributed by atoms with Crippen molar-refractivity contribution >= 4 is 23.6 Å². The van der Waals surface area contributed by atoms with E-state index >= 15 is 0 Å². The first-order valence-electron chi connectivity index (χ1n) is 8.39. The standard InChI is InChI=1S/C18H20ClFN4O3/c1-18(2,3)27-17(26)23-6-7-24-13(9-23)14(16(21)25)15(22-24)10-4-5-12(20)11(19)8-10/h4-5,8H,6-7,9H2,1-3H3,(H2,21,25). The van der Waals surface area contributed by atoms with Crippen molar-refractivity contribution in [3.05, 3.63) is 40.3 Å². The molecule has 7 nitrogen and oxygen atoms in total. The summed E-state index contributed by atoms with van der Waals surface area (Å²) in [5.41, 5.74) is 6.43. The summed E-state index contributed by atoms with van der Waals surface area (Å²) in [4.78, 5) is 26.0. The van der Waals surface area contributed by atoms with Gasteiger partial charge < -0.3 is 15.4 Å². The van der Waals surface area contributed by atoms with Crippen LogP contribution in [0, 0.1) is 5.82 Å². The molecule has 0 saturated carbocycles. The van der Waals surface area contributed by atoms with Crippen molar-refractivity contribution in [2.45, 2.75) is 39.5 Å². The summed E-state index contributed by atoms with van der Waals surface area (Å²) in [6.45, 7) is 6.24. The van der Waals surface area contributed by atoms with Crippen LogP contribution in [0.3, 0.4) is 0 Å². The minimum Gasteiger partial charge on any atom is -0.444 e. The van der Waals surface area contributed by atoms with Crippen LogP contribution in [0.5, 0.6) is 0 Å². The highest BCUT2D eigenvalue weighted by molar-refractivity contribution is 6.31. The first-order valence-corrected chi connectivity index (χ1v) is 8.77. The minimum atomic E-state index is -0.683. The summed E-state index contributed by atoms with van der Waals surface area (Å²) in [6, 6.07) is 4.07. The van der Waals surface area contributed by atoms with E-state index in [1.54, 1.807) is 25.5 Å². The van der Waals surface area contributed by atoms with Gasteiger partial charge in [0.15, 0.2) is 0 Å². The molecule has 0 atom stereocenters. The number of fused-ring (bicyclic) bond motifs is 1. The number of carbonyl (C=O) groups is 2. The fourth-order valence-corrected chi connectivity index (χ4v) is 3.08. The van der Waals surface area contributed by atoms with E-state index in [9.17, 15) is 14.0 Å². The van der Waals surface area contributed by atoms with Crippen LogP contribution in [-0.2, 0) is 17.8 Å². The highest BCUT2D eigenvalue weighted by atomic mass is 35.5. The van der Waals surface area contributed by atoms with Crippen LogP contribution < -0.4 is 5.73 Å². The predicted molar refractivity (Wildman–Crippen MR) is 97.8 cm³/mol. The molecule has 0 fully saturated rings. The van der Waals surface area contributed by atoms with Gasteiger partial charge in [-0.3, -0.25) is 9.48 Å². The Bertz CT molecular complexity index is 920. The molecule has 144 valence electrons. The van der Waals surface area contributed by atoms with Crippen molar-refractivity contribution < 1.29 is 18.7 Å². The maximum Gasteiger partial charge on any atom is 0.410 e. The maximum atomic E-state index is 13.5. The number of aromatic nitrogens is 2. The number of hydrogen-bond acceptors (Lipinski definition) is 4. The number of nitrogens with two attached hydrogens (primary N) is 1. The number of primary amides is 1. The summed E-state index contributed by atoms with van der Waals surface area (Å²) in [6.07, 6.45) is -0.475. The zero-order valence-corrected chi connectivity index (χ0v) is 16.0. The zero-order chi connectivity index (χ0) is 19.9. The Kier molecular flexibility index (Phi) is 4.86. The molecule has 2 N–H and O–H groups in total. The van der Waals surface area contributed by atoms with Crippen LogP contribution in [0.2, 0.25) is 5.02 Å². The molecule has 0 bridgehead atoms. The number of nitrogens with zero attached hydrogens (tertiary/aromatic N) is 3. The molecule has 1 aliphatic rings. The fraction of sp³-hybridized carbons (Fsp3) is 0.389. The smallest absolute Gasteiger partial charge is 0.410 e. The topological polar surface area (TPSA) is 90.4 Å². The molecule has 0 saturated heterocycles. The molecule has 0 radical (unpaired) electrons. The van der Waals surface area contributed by atoms with E-state index in [4.69, 9.17) is 22.1 Å². The summed E-state index contributed by atoms with van der Waals surface area (Å²) in [5.74, 6) is -1.25. The summed E-state index contributed by atoms with van der Waals surface area (Å²) < 4.78 is 20.5. The number of benzene rings is 1. The second kappa shape index (κ2) is 6.84. The Labute approximate surface area is 160 Å². The lowest BCUT2D eigenvalue weighted by Gasteiger charge is -2.30. The van der Waals surface area contributed by atoms with Gasteiger partial charge in [0.2, 0.25) is 0 Å². The van der Waals surface area contributed by atoms with Crippen molar-refractivity contribution in [3.8, 4) is 11.3 Å². The molecular formula is C18H20ClFN4O3. The Balaban J connectivity index is 1.99. The molecule has 27 heavy (non-hydrogen) atoms. The number of amides is 2. The molecule has 0 spiro atoms. The molecule has 3 rings (SSSR count). The van der Waals surface area contributed by atoms with Gasteiger partial charge in [0.1, 0.15) is 17.1 Å². The van der Waals surface area contributed by atoms with Crippen molar-refractivity contribution in [1.29, 1.82) is 0 Å². The number of halogens is 2. The molecule has 9 heteroatoms. The van der Waals surface area contributed by atoms with Gasteiger partial charge in [-0.05, 0) is 39.0 Å². The maximum absolute atomic E-state index is 13.5. The third-order valence-electron chi connectivity index (χ3n) is 4.07. The summed E-state index contributed by atoms with van der Waals surface area (Å²) >= 11 is 5.85. The van der Waals surface area contributed by atoms with Crippen molar-refractivity contribution in [2.24, 2.45) is 5.73 Å². The van der Waals surface area contributed by atoms with Crippen molar-refractivity contribution in [2.75, 3.05) is 6.54 Å².